The number of nitrogens with zero attached hydrogens (tertiary/aromatic N) is 1. The first-order valence-corrected chi connectivity index (χ1v) is 12.1. The molecule has 2 aromatic carbocycles. The molecule has 1 N–H and O–H groups in total. The van der Waals surface area contributed by atoms with Gasteiger partial charge < -0.3 is 15.0 Å². The second-order valence-corrected chi connectivity index (χ2v) is 9.32. The van der Waals surface area contributed by atoms with E-state index < -0.39 is 6.04 Å². The molecule has 0 heterocycles. The number of hydrogen-bond acceptors (Lipinski definition) is 3. The number of amides is 2. The Morgan fingerprint density at radius 2 is 1.81 bits per heavy atom. The van der Waals surface area contributed by atoms with Gasteiger partial charge in [0.05, 0.1) is 4.47 Å². The Hall–Kier alpha value is -1.86. The number of aryl methyl sites for hydroxylation is 1. The number of carbonyl (C=O) groups is 2. The van der Waals surface area contributed by atoms with Crippen LogP contribution >= 0.6 is 31.9 Å². The summed E-state index contributed by atoms with van der Waals surface area (Å²) in [4.78, 5) is 27.5. The van der Waals surface area contributed by atoms with Gasteiger partial charge in [0, 0.05) is 17.1 Å². The van der Waals surface area contributed by atoms with Crippen LogP contribution < -0.4 is 10.1 Å². The summed E-state index contributed by atoms with van der Waals surface area (Å²) in [5.74, 6) is 0.175. The zero-order chi connectivity index (χ0) is 23.0. The van der Waals surface area contributed by atoms with E-state index in [-0.39, 0.29) is 24.5 Å². The van der Waals surface area contributed by atoms with Gasteiger partial charge in [0.15, 0.2) is 6.61 Å². The first kappa shape index (κ1) is 25.4. The van der Waals surface area contributed by atoms with Gasteiger partial charge in [0.1, 0.15) is 11.8 Å². The van der Waals surface area contributed by atoms with E-state index >= 15 is 0 Å². The molecular formula is C24H30Br2N2O3. The molecule has 5 nitrogen and oxygen atoms in total. The van der Waals surface area contributed by atoms with E-state index in [0.717, 1.165) is 27.4 Å². The molecular weight excluding hydrogens is 524 g/mol. The highest BCUT2D eigenvalue weighted by molar-refractivity contribution is 9.10. The predicted molar refractivity (Wildman–Crippen MR) is 131 cm³/mol. The van der Waals surface area contributed by atoms with Gasteiger partial charge in [-0.05, 0) is 78.0 Å². The minimum Gasteiger partial charge on any atom is -0.483 e. The highest BCUT2D eigenvalue weighted by Crippen LogP contribution is 2.26. The first-order valence-electron chi connectivity index (χ1n) is 10.5. The van der Waals surface area contributed by atoms with Crippen LogP contribution in [0.15, 0.2) is 51.4 Å². The van der Waals surface area contributed by atoms with Crippen LogP contribution in [0.2, 0.25) is 0 Å². The molecule has 0 aromatic heterocycles. The number of ether oxygens (including phenoxy) is 1. The summed E-state index contributed by atoms with van der Waals surface area (Å²) in [5.41, 5.74) is 2.11. The average molecular weight is 554 g/mol. The van der Waals surface area contributed by atoms with Gasteiger partial charge in [-0.25, -0.2) is 0 Å². The van der Waals surface area contributed by atoms with E-state index in [1.165, 1.54) is 5.56 Å². The topological polar surface area (TPSA) is 58.6 Å². The molecule has 0 fully saturated rings. The smallest absolute Gasteiger partial charge is 0.261 e. The molecule has 2 rings (SSSR count). The van der Waals surface area contributed by atoms with E-state index in [2.05, 4.69) is 44.1 Å². The second-order valence-electron chi connectivity index (χ2n) is 7.55. The normalized spacial score (nSPS) is 12.7. The maximum atomic E-state index is 13.1. The lowest BCUT2D eigenvalue weighted by atomic mass is 10.1. The molecule has 0 bridgehead atoms. The fourth-order valence-corrected chi connectivity index (χ4v) is 3.97. The van der Waals surface area contributed by atoms with Crippen LogP contribution in [0.1, 0.15) is 45.2 Å². The molecule has 0 aliphatic heterocycles. The molecule has 168 valence electrons. The maximum absolute atomic E-state index is 13.1. The lowest BCUT2D eigenvalue weighted by Crippen LogP contribution is -2.50. The van der Waals surface area contributed by atoms with Crippen LogP contribution in [0.5, 0.6) is 5.75 Å². The number of halogens is 2. The quantitative estimate of drug-likeness (QED) is 0.423. The van der Waals surface area contributed by atoms with Crippen LogP contribution in [0.4, 0.5) is 0 Å². The minimum atomic E-state index is -0.630. The van der Waals surface area contributed by atoms with Gasteiger partial charge in [0.25, 0.3) is 5.91 Å². The lowest BCUT2D eigenvalue weighted by Gasteiger charge is -2.29. The molecule has 0 aliphatic carbocycles. The van der Waals surface area contributed by atoms with Gasteiger partial charge in [-0.3, -0.25) is 9.59 Å². The minimum absolute atomic E-state index is 0.0436. The highest BCUT2D eigenvalue weighted by atomic mass is 79.9. The predicted octanol–water partition coefficient (Wildman–Crippen LogP) is 5.48. The SMILES string of the molecule is CCc1ccc(OCC(=O)N(Cc2cccc(Br)c2)[C@@H](C)C(=O)N[C@@H](C)CC)c(Br)c1. The standard InChI is InChI=1S/C24H30Br2N2O3/c1-5-16(3)27-24(30)17(4)28(14-19-8-7-9-20(25)12-19)23(29)15-31-22-11-10-18(6-2)13-21(22)26/h7-13,16-17H,5-6,14-15H2,1-4H3,(H,27,30)/t16-,17-/m0/s1. The van der Waals surface area contributed by atoms with Crippen molar-refractivity contribution in [3.05, 3.63) is 62.5 Å². The van der Waals surface area contributed by atoms with E-state index in [4.69, 9.17) is 4.74 Å². The molecule has 31 heavy (non-hydrogen) atoms. The Morgan fingerprint density at radius 1 is 1.06 bits per heavy atom. The maximum Gasteiger partial charge on any atom is 0.261 e. The molecule has 0 saturated heterocycles. The summed E-state index contributed by atoms with van der Waals surface area (Å²) in [6.07, 6.45) is 1.74. The van der Waals surface area contributed by atoms with Crippen molar-refractivity contribution < 1.29 is 14.3 Å². The fraction of sp³-hybridized carbons (Fsp3) is 0.417. The summed E-state index contributed by atoms with van der Waals surface area (Å²) >= 11 is 6.97. The number of nitrogens with one attached hydrogen (secondary N) is 1. The van der Waals surface area contributed by atoms with Crippen LogP contribution in [0, 0.1) is 0 Å². The van der Waals surface area contributed by atoms with Gasteiger partial charge in [0.2, 0.25) is 5.91 Å². The lowest BCUT2D eigenvalue weighted by molar-refractivity contribution is -0.142. The highest BCUT2D eigenvalue weighted by Gasteiger charge is 2.27. The average Bonchev–Trinajstić information content (AvgIpc) is 2.75. The zero-order valence-electron chi connectivity index (χ0n) is 18.5. The molecule has 2 aromatic rings. The van der Waals surface area contributed by atoms with Crippen LogP contribution in [0.3, 0.4) is 0 Å². The Labute approximate surface area is 201 Å². The summed E-state index contributed by atoms with van der Waals surface area (Å²) in [5, 5.41) is 2.97. The van der Waals surface area contributed by atoms with Crippen molar-refractivity contribution in [1.29, 1.82) is 0 Å². The van der Waals surface area contributed by atoms with E-state index in [9.17, 15) is 9.59 Å². The van der Waals surface area contributed by atoms with Crippen molar-refractivity contribution in [1.82, 2.24) is 10.2 Å². The number of carbonyl (C=O) groups excluding carboxylic acids is 2. The fourth-order valence-electron chi connectivity index (χ4n) is 2.98. The van der Waals surface area contributed by atoms with Crippen molar-refractivity contribution in [2.75, 3.05) is 6.61 Å². The molecule has 2 atom stereocenters. The molecule has 0 spiro atoms. The third kappa shape index (κ3) is 7.65. The van der Waals surface area contributed by atoms with Crippen molar-refractivity contribution in [2.24, 2.45) is 0 Å². The first-order chi connectivity index (χ1) is 14.7. The zero-order valence-corrected chi connectivity index (χ0v) is 21.6. The van der Waals surface area contributed by atoms with Crippen LogP contribution in [-0.2, 0) is 22.6 Å². The Balaban J connectivity index is 2.17. The summed E-state index contributed by atoms with van der Waals surface area (Å²) in [7, 11) is 0. The molecule has 2 amide bonds. The summed E-state index contributed by atoms with van der Waals surface area (Å²) < 4.78 is 7.52. The number of rotatable bonds is 10. The van der Waals surface area contributed by atoms with Crippen molar-refractivity contribution >= 4 is 43.7 Å². The third-order valence-electron chi connectivity index (χ3n) is 5.17. The molecule has 0 saturated carbocycles. The molecule has 0 unspecified atom stereocenters. The van der Waals surface area contributed by atoms with E-state index in [1.807, 2.05) is 56.3 Å². The largest absolute Gasteiger partial charge is 0.483 e. The second kappa shape index (κ2) is 12.2. The van der Waals surface area contributed by atoms with Gasteiger partial charge >= 0.3 is 0 Å². The van der Waals surface area contributed by atoms with E-state index in [0.29, 0.717) is 12.3 Å². The molecule has 0 radical (unpaired) electrons. The number of benzene rings is 2. The Kier molecular flexibility index (Phi) is 10.0. The monoisotopic (exact) mass is 552 g/mol. The summed E-state index contributed by atoms with van der Waals surface area (Å²) in [6, 6.07) is 13.0. The van der Waals surface area contributed by atoms with Gasteiger partial charge in [-0.2, -0.15) is 0 Å². The number of hydrogen-bond donors (Lipinski definition) is 1. The van der Waals surface area contributed by atoms with Gasteiger partial charge in [-0.1, -0.05) is 48.0 Å². The van der Waals surface area contributed by atoms with Crippen molar-refractivity contribution in [2.45, 2.75) is 59.2 Å². The molecule has 7 heteroatoms. The van der Waals surface area contributed by atoms with Gasteiger partial charge in [-0.15, -0.1) is 0 Å². The van der Waals surface area contributed by atoms with Crippen LogP contribution in [-0.4, -0.2) is 35.4 Å². The Morgan fingerprint density at radius 3 is 2.42 bits per heavy atom. The van der Waals surface area contributed by atoms with E-state index in [1.54, 1.807) is 11.8 Å². The van der Waals surface area contributed by atoms with Crippen molar-refractivity contribution in [3.8, 4) is 5.75 Å². The van der Waals surface area contributed by atoms with Crippen molar-refractivity contribution in [3.63, 3.8) is 0 Å². The third-order valence-corrected chi connectivity index (χ3v) is 6.28. The molecule has 0 aliphatic rings. The van der Waals surface area contributed by atoms with Crippen LogP contribution in [0.25, 0.3) is 0 Å². The Bertz CT molecular complexity index is 904. The summed E-state index contributed by atoms with van der Waals surface area (Å²) in [6.45, 7) is 7.95.